The second-order valence-corrected chi connectivity index (χ2v) is 4.82. The number of hydrogen-bond acceptors (Lipinski definition) is 2. The van der Waals surface area contributed by atoms with Crippen molar-refractivity contribution in [3.8, 4) is 0 Å². The summed E-state index contributed by atoms with van der Waals surface area (Å²) in [5.41, 5.74) is 2.02. The molecule has 0 fully saturated rings. The molecule has 0 aliphatic heterocycles. The number of anilines is 2. The summed E-state index contributed by atoms with van der Waals surface area (Å²) in [6.45, 7) is 1.67. The van der Waals surface area contributed by atoms with Gasteiger partial charge in [-0.3, -0.25) is 0 Å². The molecule has 104 valence electrons. The SMILES string of the molecule is CC(O)c1cccc(NC(=O)Nc2ccc(Cl)cc2)c1. The van der Waals surface area contributed by atoms with Crippen molar-refractivity contribution in [3.63, 3.8) is 0 Å². The first-order valence-corrected chi connectivity index (χ1v) is 6.54. The minimum atomic E-state index is -0.573. The average Bonchev–Trinajstić information content (AvgIpc) is 2.41. The fourth-order valence-corrected chi connectivity index (χ4v) is 1.83. The van der Waals surface area contributed by atoms with Crippen LogP contribution in [0.3, 0.4) is 0 Å². The fraction of sp³-hybridized carbons (Fsp3) is 0.133. The molecule has 0 bridgehead atoms. The van der Waals surface area contributed by atoms with Crippen molar-refractivity contribution >= 4 is 29.0 Å². The highest BCUT2D eigenvalue weighted by molar-refractivity contribution is 6.30. The Bertz CT molecular complexity index is 597. The number of benzene rings is 2. The Morgan fingerprint density at radius 3 is 2.40 bits per heavy atom. The van der Waals surface area contributed by atoms with Gasteiger partial charge in [0, 0.05) is 16.4 Å². The number of nitrogens with one attached hydrogen (secondary N) is 2. The summed E-state index contributed by atoms with van der Waals surface area (Å²) in [5, 5.41) is 15.5. The van der Waals surface area contributed by atoms with Crippen molar-refractivity contribution < 1.29 is 9.90 Å². The molecule has 1 unspecified atom stereocenters. The van der Waals surface area contributed by atoms with Gasteiger partial charge in [0.2, 0.25) is 0 Å². The number of amides is 2. The Hall–Kier alpha value is -2.04. The Labute approximate surface area is 122 Å². The van der Waals surface area contributed by atoms with Gasteiger partial charge in [-0.05, 0) is 48.9 Å². The van der Waals surface area contributed by atoms with E-state index in [1.54, 1.807) is 55.5 Å². The van der Waals surface area contributed by atoms with E-state index >= 15 is 0 Å². The van der Waals surface area contributed by atoms with E-state index in [9.17, 15) is 9.90 Å². The molecule has 0 spiro atoms. The van der Waals surface area contributed by atoms with Gasteiger partial charge in [0.15, 0.2) is 0 Å². The molecule has 2 aromatic rings. The third kappa shape index (κ3) is 3.98. The highest BCUT2D eigenvalue weighted by Crippen LogP contribution is 2.18. The van der Waals surface area contributed by atoms with Gasteiger partial charge in [0.25, 0.3) is 0 Å². The van der Waals surface area contributed by atoms with Crippen molar-refractivity contribution in [3.05, 3.63) is 59.1 Å². The molecule has 0 aromatic heterocycles. The van der Waals surface area contributed by atoms with Crippen LogP contribution >= 0.6 is 11.6 Å². The van der Waals surface area contributed by atoms with Crippen molar-refractivity contribution in [2.24, 2.45) is 0 Å². The van der Waals surface area contributed by atoms with Crippen LogP contribution in [-0.4, -0.2) is 11.1 Å². The minimum Gasteiger partial charge on any atom is -0.389 e. The lowest BCUT2D eigenvalue weighted by Gasteiger charge is -2.10. The fourth-order valence-electron chi connectivity index (χ4n) is 1.70. The van der Waals surface area contributed by atoms with Gasteiger partial charge in [-0.15, -0.1) is 0 Å². The number of urea groups is 1. The Balaban J connectivity index is 2.01. The molecule has 0 saturated heterocycles. The van der Waals surface area contributed by atoms with Gasteiger partial charge in [-0.25, -0.2) is 4.79 Å². The van der Waals surface area contributed by atoms with E-state index in [0.717, 1.165) is 5.56 Å². The average molecular weight is 291 g/mol. The first-order valence-electron chi connectivity index (χ1n) is 6.16. The van der Waals surface area contributed by atoms with Gasteiger partial charge >= 0.3 is 6.03 Å². The van der Waals surface area contributed by atoms with Crippen LogP contribution in [-0.2, 0) is 0 Å². The monoisotopic (exact) mass is 290 g/mol. The summed E-state index contributed by atoms with van der Waals surface area (Å²) in [7, 11) is 0. The normalized spacial score (nSPS) is 11.8. The summed E-state index contributed by atoms with van der Waals surface area (Å²) in [6, 6.07) is 13.5. The van der Waals surface area contributed by atoms with Crippen LogP contribution in [0.15, 0.2) is 48.5 Å². The molecule has 0 aliphatic rings. The van der Waals surface area contributed by atoms with Gasteiger partial charge < -0.3 is 15.7 Å². The summed E-state index contributed by atoms with van der Waals surface area (Å²) < 4.78 is 0. The Kier molecular flexibility index (Phi) is 4.61. The summed E-state index contributed by atoms with van der Waals surface area (Å²) in [5.74, 6) is 0. The standard InChI is InChI=1S/C15H15ClN2O2/c1-10(19)11-3-2-4-14(9-11)18-15(20)17-13-7-5-12(16)6-8-13/h2-10,19H,1H3,(H2,17,18,20). The predicted molar refractivity (Wildman–Crippen MR) is 81.2 cm³/mol. The lowest BCUT2D eigenvalue weighted by atomic mass is 10.1. The van der Waals surface area contributed by atoms with Crippen molar-refractivity contribution in [1.82, 2.24) is 0 Å². The van der Waals surface area contributed by atoms with Gasteiger partial charge in [-0.2, -0.15) is 0 Å². The molecule has 0 aliphatic carbocycles. The van der Waals surface area contributed by atoms with Crippen LogP contribution in [0.25, 0.3) is 0 Å². The van der Waals surface area contributed by atoms with Crippen molar-refractivity contribution in [2.75, 3.05) is 10.6 Å². The lowest BCUT2D eigenvalue weighted by molar-refractivity contribution is 0.199. The number of hydrogen-bond donors (Lipinski definition) is 3. The molecule has 2 aromatic carbocycles. The van der Waals surface area contributed by atoms with E-state index in [-0.39, 0.29) is 6.03 Å². The predicted octanol–water partition coefficient (Wildman–Crippen LogP) is 4.04. The number of halogens is 1. The van der Waals surface area contributed by atoms with Crippen LogP contribution in [0.2, 0.25) is 5.02 Å². The summed E-state index contributed by atoms with van der Waals surface area (Å²) in [4.78, 5) is 11.8. The molecule has 1 atom stereocenters. The van der Waals surface area contributed by atoms with Crippen LogP contribution in [0.4, 0.5) is 16.2 Å². The quantitative estimate of drug-likeness (QED) is 0.799. The second kappa shape index (κ2) is 6.41. The summed E-state index contributed by atoms with van der Waals surface area (Å²) >= 11 is 5.77. The maximum atomic E-state index is 11.8. The van der Waals surface area contributed by atoms with Gasteiger partial charge in [0.05, 0.1) is 6.10 Å². The van der Waals surface area contributed by atoms with Crippen molar-refractivity contribution in [1.29, 1.82) is 0 Å². The molecular weight excluding hydrogens is 276 g/mol. The third-order valence-corrected chi connectivity index (χ3v) is 2.98. The smallest absolute Gasteiger partial charge is 0.323 e. The van der Waals surface area contributed by atoms with Gasteiger partial charge in [0.1, 0.15) is 0 Å². The lowest BCUT2D eigenvalue weighted by Crippen LogP contribution is -2.19. The summed E-state index contributed by atoms with van der Waals surface area (Å²) in [6.07, 6.45) is -0.573. The molecule has 0 heterocycles. The van der Waals surface area contributed by atoms with E-state index in [4.69, 9.17) is 11.6 Å². The highest BCUT2D eigenvalue weighted by Gasteiger charge is 2.05. The molecular formula is C15H15ClN2O2. The molecule has 2 amide bonds. The zero-order valence-corrected chi connectivity index (χ0v) is 11.7. The number of rotatable bonds is 3. The zero-order chi connectivity index (χ0) is 14.5. The molecule has 4 nitrogen and oxygen atoms in total. The highest BCUT2D eigenvalue weighted by atomic mass is 35.5. The molecule has 20 heavy (non-hydrogen) atoms. The topological polar surface area (TPSA) is 61.4 Å². The van der Waals surface area contributed by atoms with E-state index in [1.165, 1.54) is 0 Å². The van der Waals surface area contributed by atoms with E-state index < -0.39 is 6.10 Å². The first-order chi connectivity index (χ1) is 9.54. The molecule has 3 N–H and O–H groups in total. The van der Waals surface area contributed by atoms with E-state index in [2.05, 4.69) is 10.6 Å². The van der Waals surface area contributed by atoms with Crippen LogP contribution < -0.4 is 10.6 Å². The number of aliphatic hydroxyl groups is 1. The van der Waals surface area contributed by atoms with Crippen LogP contribution in [0, 0.1) is 0 Å². The first kappa shape index (κ1) is 14.4. The maximum absolute atomic E-state index is 11.8. The molecule has 0 radical (unpaired) electrons. The maximum Gasteiger partial charge on any atom is 0.323 e. The molecule has 2 rings (SSSR count). The van der Waals surface area contributed by atoms with E-state index in [1.807, 2.05) is 0 Å². The minimum absolute atomic E-state index is 0.352. The van der Waals surface area contributed by atoms with Crippen LogP contribution in [0.5, 0.6) is 0 Å². The second-order valence-electron chi connectivity index (χ2n) is 4.39. The number of aliphatic hydroxyl groups excluding tert-OH is 1. The number of carbonyl (C=O) groups is 1. The van der Waals surface area contributed by atoms with Crippen LogP contribution in [0.1, 0.15) is 18.6 Å². The Morgan fingerprint density at radius 1 is 1.10 bits per heavy atom. The van der Waals surface area contributed by atoms with Crippen molar-refractivity contribution in [2.45, 2.75) is 13.0 Å². The van der Waals surface area contributed by atoms with Gasteiger partial charge in [-0.1, -0.05) is 23.7 Å². The largest absolute Gasteiger partial charge is 0.389 e. The zero-order valence-electron chi connectivity index (χ0n) is 10.9. The molecule has 0 saturated carbocycles. The Morgan fingerprint density at radius 2 is 1.75 bits per heavy atom. The molecule has 5 heteroatoms. The number of carbonyl (C=O) groups excluding carboxylic acids is 1. The third-order valence-electron chi connectivity index (χ3n) is 2.73. The van der Waals surface area contributed by atoms with E-state index in [0.29, 0.717) is 16.4 Å².